The van der Waals surface area contributed by atoms with Crippen LogP contribution < -0.4 is 9.64 Å². The highest BCUT2D eigenvalue weighted by atomic mass is 16.6. The van der Waals surface area contributed by atoms with E-state index in [9.17, 15) is 19.7 Å². The topological polar surface area (TPSA) is 89.8 Å². The summed E-state index contributed by atoms with van der Waals surface area (Å²) in [6.45, 7) is 1.91. The van der Waals surface area contributed by atoms with E-state index >= 15 is 0 Å². The SMILES string of the molecule is Cc1cccc(Oc2cc(N3C(=O)C4CCCCC4C3=O)cc([N+](=O)[O-])c2)c1. The number of imide groups is 1. The molecule has 2 atom stereocenters. The Kier molecular flexibility index (Phi) is 4.58. The molecule has 0 N–H and O–H groups in total. The number of non-ortho nitro benzene ring substituents is 1. The van der Waals surface area contributed by atoms with E-state index in [2.05, 4.69) is 0 Å². The fraction of sp³-hybridized carbons (Fsp3) is 0.333. The van der Waals surface area contributed by atoms with Crippen molar-refractivity contribution < 1.29 is 19.2 Å². The summed E-state index contributed by atoms with van der Waals surface area (Å²) in [5, 5.41) is 11.4. The highest BCUT2D eigenvalue weighted by molar-refractivity contribution is 6.22. The molecule has 2 aromatic rings. The quantitative estimate of drug-likeness (QED) is 0.446. The van der Waals surface area contributed by atoms with E-state index in [1.807, 2.05) is 19.1 Å². The summed E-state index contributed by atoms with van der Waals surface area (Å²) in [4.78, 5) is 37.6. The van der Waals surface area contributed by atoms with E-state index in [0.29, 0.717) is 18.6 Å². The van der Waals surface area contributed by atoms with Crippen LogP contribution in [0.15, 0.2) is 42.5 Å². The third-order valence-corrected chi connectivity index (χ3v) is 5.41. The maximum Gasteiger partial charge on any atom is 0.275 e. The van der Waals surface area contributed by atoms with Gasteiger partial charge in [-0.05, 0) is 37.5 Å². The van der Waals surface area contributed by atoms with Crippen LogP contribution in [0.1, 0.15) is 31.2 Å². The van der Waals surface area contributed by atoms with Crippen molar-refractivity contribution in [1.29, 1.82) is 0 Å². The fourth-order valence-corrected chi connectivity index (χ4v) is 4.09. The number of hydrogen-bond donors (Lipinski definition) is 0. The number of nitro groups is 1. The number of anilines is 1. The molecule has 0 aromatic heterocycles. The molecule has 0 bridgehead atoms. The number of amides is 2. The zero-order valence-corrected chi connectivity index (χ0v) is 15.5. The number of carbonyl (C=O) groups excluding carboxylic acids is 2. The molecule has 0 spiro atoms. The lowest BCUT2D eigenvalue weighted by atomic mass is 9.81. The average Bonchev–Trinajstić information content (AvgIpc) is 2.92. The fourth-order valence-electron chi connectivity index (χ4n) is 4.09. The summed E-state index contributed by atoms with van der Waals surface area (Å²) in [7, 11) is 0. The van der Waals surface area contributed by atoms with Crippen LogP contribution in [0.25, 0.3) is 0 Å². The summed E-state index contributed by atoms with van der Waals surface area (Å²) < 4.78 is 5.79. The second-order valence-corrected chi connectivity index (χ2v) is 7.37. The molecule has 0 radical (unpaired) electrons. The molecule has 2 fully saturated rings. The average molecular weight is 380 g/mol. The zero-order valence-electron chi connectivity index (χ0n) is 15.5. The summed E-state index contributed by atoms with van der Waals surface area (Å²) in [6.07, 6.45) is 3.22. The first kappa shape index (κ1) is 18.2. The molecule has 2 aromatic carbocycles. The van der Waals surface area contributed by atoms with Gasteiger partial charge in [0, 0.05) is 12.1 Å². The first-order valence-electron chi connectivity index (χ1n) is 9.36. The van der Waals surface area contributed by atoms with Crippen molar-refractivity contribution in [3.8, 4) is 11.5 Å². The second kappa shape index (κ2) is 7.07. The van der Waals surface area contributed by atoms with E-state index in [4.69, 9.17) is 4.74 Å². The van der Waals surface area contributed by atoms with Crippen LogP contribution in [0.4, 0.5) is 11.4 Å². The number of carbonyl (C=O) groups is 2. The summed E-state index contributed by atoms with van der Waals surface area (Å²) in [5.41, 5.74) is 0.953. The van der Waals surface area contributed by atoms with Gasteiger partial charge in [-0.1, -0.05) is 25.0 Å². The Labute approximate surface area is 162 Å². The van der Waals surface area contributed by atoms with Gasteiger partial charge in [0.05, 0.1) is 28.5 Å². The van der Waals surface area contributed by atoms with Crippen LogP contribution in [0.5, 0.6) is 11.5 Å². The number of rotatable bonds is 4. The van der Waals surface area contributed by atoms with Gasteiger partial charge in [-0.3, -0.25) is 19.7 Å². The smallest absolute Gasteiger partial charge is 0.275 e. The van der Waals surface area contributed by atoms with Crippen molar-refractivity contribution in [3.63, 3.8) is 0 Å². The Morgan fingerprint density at radius 2 is 1.68 bits per heavy atom. The van der Waals surface area contributed by atoms with E-state index in [1.54, 1.807) is 12.1 Å². The first-order chi connectivity index (χ1) is 13.4. The van der Waals surface area contributed by atoms with Crippen LogP contribution in [-0.2, 0) is 9.59 Å². The first-order valence-corrected chi connectivity index (χ1v) is 9.36. The lowest BCUT2D eigenvalue weighted by molar-refractivity contribution is -0.384. The van der Waals surface area contributed by atoms with Gasteiger partial charge in [0.15, 0.2) is 0 Å². The van der Waals surface area contributed by atoms with Crippen molar-refractivity contribution >= 4 is 23.2 Å². The molecule has 1 aliphatic carbocycles. The van der Waals surface area contributed by atoms with Gasteiger partial charge in [0.2, 0.25) is 11.8 Å². The third kappa shape index (κ3) is 3.24. The standard InChI is InChI=1S/C21H20N2O5/c1-13-5-4-6-16(9-13)28-17-11-14(10-15(12-17)23(26)27)22-20(24)18-7-2-3-8-19(18)21(22)25/h4-6,9-12,18-19H,2-3,7-8H2,1H3. The van der Waals surface area contributed by atoms with E-state index in [-0.39, 0.29) is 40.8 Å². The Balaban J connectivity index is 1.72. The highest BCUT2D eigenvalue weighted by Gasteiger charge is 2.49. The van der Waals surface area contributed by atoms with Crippen LogP contribution in [0, 0.1) is 28.9 Å². The number of ether oxygens (including phenoxy) is 1. The molecule has 28 heavy (non-hydrogen) atoms. The second-order valence-electron chi connectivity index (χ2n) is 7.37. The van der Waals surface area contributed by atoms with Crippen LogP contribution in [0.2, 0.25) is 0 Å². The number of hydrogen-bond acceptors (Lipinski definition) is 5. The Bertz CT molecular complexity index is 947. The van der Waals surface area contributed by atoms with Crippen LogP contribution >= 0.6 is 0 Å². The molecule has 1 saturated carbocycles. The summed E-state index contributed by atoms with van der Waals surface area (Å²) in [5.74, 6) is -0.429. The molecule has 1 heterocycles. The minimum absolute atomic E-state index is 0.196. The molecule has 2 amide bonds. The van der Waals surface area contributed by atoms with Gasteiger partial charge in [0.25, 0.3) is 5.69 Å². The third-order valence-electron chi connectivity index (χ3n) is 5.41. The predicted molar refractivity (Wildman–Crippen MR) is 102 cm³/mol. The normalized spacial score (nSPS) is 21.5. The highest BCUT2D eigenvalue weighted by Crippen LogP contribution is 2.42. The Morgan fingerprint density at radius 3 is 2.29 bits per heavy atom. The lowest BCUT2D eigenvalue weighted by Gasteiger charge is -2.19. The van der Waals surface area contributed by atoms with Gasteiger partial charge >= 0.3 is 0 Å². The monoisotopic (exact) mass is 380 g/mol. The van der Waals surface area contributed by atoms with Crippen molar-refractivity contribution in [3.05, 3.63) is 58.1 Å². The van der Waals surface area contributed by atoms with Crippen molar-refractivity contribution in [2.24, 2.45) is 11.8 Å². The number of benzene rings is 2. The molecule has 1 saturated heterocycles. The molecule has 4 rings (SSSR count). The number of aryl methyl sites for hydroxylation is 1. The zero-order chi connectivity index (χ0) is 19.8. The molecule has 2 unspecified atom stereocenters. The number of nitro benzene ring substituents is 1. The molecule has 7 heteroatoms. The molecular weight excluding hydrogens is 360 g/mol. The molecule has 1 aliphatic heterocycles. The van der Waals surface area contributed by atoms with Crippen molar-refractivity contribution in [2.45, 2.75) is 32.6 Å². The van der Waals surface area contributed by atoms with Gasteiger partial charge < -0.3 is 4.74 Å². The number of nitrogens with zero attached hydrogens (tertiary/aromatic N) is 2. The predicted octanol–water partition coefficient (Wildman–Crippen LogP) is 4.38. The minimum atomic E-state index is -0.551. The minimum Gasteiger partial charge on any atom is -0.457 e. The van der Waals surface area contributed by atoms with Gasteiger partial charge in [-0.2, -0.15) is 0 Å². The molecule has 2 aliphatic rings. The van der Waals surface area contributed by atoms with E-state index in [1.165, 1.54) is 18.2 Å². The maximum absolute atomic E-state index is 12.8. The maximum atomic E-state index is 12.8. The molecule has 144 valence electrons. The number of fused-ring (bicyclic) bond motifs is 1. The Hall–Kier alpha value is -3.22. The van der Waals surface area contributed by atoms with Gasteiger partial charge in [-0.15, -0.1) is 0 Å². The van der Waals surface area contributed by atoms with Crippen molar-refractivity contribution in [2.75, 3.05) is 4.90 Å². The Morgan fingerprint density at radius 1 is 1.00 bits per heavy atom. The van der Waals surface area contributed by atoms with Crippen LogP contribution in [-0.4, -0.2) is 16.7 Å². The lowest BCUT2D eigenvalue weighted by Crippen LogP contribution is -2.30. The molecular formula is C21H20N2O5. The van der Waals surface area contributed by atoms with Crippen molar-refractivity contribution in [1.82, 2.24) is 0 Å². The largest absolute Gasteiger partial charge is 0.457 e. The molecule has 7 nitrogen and oxygen atoms in total. The van der Waals surface area contributed by atoms with Gasteiger partial charge in [-0.25, -0.2) is 4.90 Å². The van der Waals surface area contributed by atoms with E-state index < -0.39 is 4.92 Å². The van der Waals surface area contributed by atoms with E-state index in [0.717, 1.165) is 23.3 Å². The summed E-state index contributed by atoms with van der Waals surface area (Å²) in [6, 6.07) is 11.4. The van der Waals surface area contributed by atoms with Crippen LogP contribution in [0.3, 0.4) is 0 Å². The van der Waals surface area contributed by atoms with Gasteiger partial charge in [0.1, 0.15) is 11.5 Å². The summed E-state index contributed by atoms with van der Waals surface area (Å²) >= 11 is 0.